The van der Waals surface area contributed by atoms with Crippen LogP contribution in [0.5, 0.6) is 0 Å². The van der Waals surface area contributed by atoms with Gasteiger partial charge in [-0.2, -0.15) is 0 Å². The molecule has 1 aliphatic carbocycles. The number of halogens is 1. The van der Waals surface area contributed by atoms with Crippen molar-refractivity contribution in [2.24, 2.45) is 5.92 Å². The van der Waals surface area contributed by atoms with Gasteiger partial charge < -0.3 is 4.57 Å². The highest BCUT2D eigenvalue weighted by Gasteiger charge is 2.17. The van der Waals surface area contributed by atoms with E-state index in [1.165, 1.54) is 50.7 Å². The molecular formula is C20H26FN3S. The lowest BCUT2D eigenvalue weighted by Gasteiger charge is -2.21. The van der Waals surface area contributed by atoms with Crippen molar-refractivity contribution in [3.05, 3.63) is 54.1 Å². The second-order valence-electron chi connectivity index (χ2n) is 6.76. The van der Waals surface area contributed by atoms with E-state index >= 15 is 0 Å². The summed E-state index contributed by atoms with van der Waals surface area (Å²) < 4.78 is 15.2. The van der Waals surface area contributed by atoms with Crippen molar-refractivity contribution in [2.75, 3.05) is 0 Å². The van der Waals surface area contributed by atoms with Gasteiger partial charge in [0, 0.05) is 18.7 Å². The highest BCUT2D eigenvalue weighted by molar-refractivity contribution is 7.98. The van der Waals surface area contributed by atoms with Gasteiger partial charge in [-0.05, 0) is 30.0 Å². The minimum Gasteiger partial charge on any atom is -0.302 e. The van der Waals surface area contributed by atoms with Crippen molar-refractivity contribution < 1.29 is 4.39 Å². The molecule has 0 aliphatic heterocycles. The molecule has 1 fully saturated rings. The van der Waals surface area contributed by atoms with Gasteiger partial charge in [0.2, 0.25) is 0 Å². The molecular weight excluding hydrogens is 333 g/mol. The molecule has 0 saturated heterocycles. The van der Waals surface area contributed by atoms with Crippen molar-refractivity contribution in [3.8, 4) is 0 Å². The predicted molar refractivity (Wildman–Crippen MR) is 101 cm³/mol. The Morgan fingerprint density at radius 2 is 1.92 bits per heavy atom. The molecule has 0 N–H and O–H groups in total. The summed E-state index contributed by atoms with van der Waals surface area (Å²) >= 11 is 1.65. The average molecular weight is 360 g/mol. The molecule has 0 amide bonds. The van der Waals surface area contributed by atoms with E-state index in [9.17, 15) is 4.39 Å². The van der Waals surface area contributed by atoms with E-state index in [0.29, 0.717) is 0 Å². The normalized spacial score (nSPS) is 15.4. The van der Waals surface area contributed by atoms with Crippen molar-refractivity contribution in [3.63, 3.8) is 0 Å². The molecule has 0 unspecified atom stereocenters. The van der Waals surface area contributed by atoms with Crippen molar-refractivity contribution in [1.29, 1.82) is 0 Å². The van der Waals surface area contributed by atoms with Crippen LogP contribution >= 0.6 is 11.8 Å². The van der Waals surface area contributed by atoms with Gasteiger partial charge in [0.25, 0.3) is 0 Å². The van der Waals surface area contributed by atoms with Crippen LogP contribution in [0.3, 0.4) is 0 Å². The lowest BCUT2D eigenvalue weighted by atomic mass is 9.86. The highest BCUT2D eigenvalue weighted by atomic mass is 32.2. The van der Waals surface area contributed by atoms with Gasteiger partial charge >= 0.3 is 0 Å². The number of thioether (sulfide) groups is 1. The zero-order valence-corrected chi connectivity index (χ0v) is 15.5. The molecule has 1 saturated carbocycles. The fourth-order valence-electron chi connectivity index (χ4n) is 3.46. The molecule has 1 aromatic heterocycles. The number of aryl methyl sites for hydroxylation is 1. The number of nitrogens with zero attached hydrogens (tertiary/aromatic N) is 3. The smallest absolute Gasteiger partial charge is 0.191 e. The molecule has 1 aromatic carbocycles. The Balaban J connectivity index is 1.61. The summed E-state index contributed by atoms with van der Waals surface area (Å²) in [6, 6.07) is 6.64. The van der Waals surface area contributed by atoms with E-state index in [0.717, 1.165) is 41.2 Å². The van der Waals surface area contributed by atoms with E-state index in [1.807, 2.05) is 18.2 Å². The number of allylic oxidation sites excluding steroid dienone is 1. The van der Waals surface area contributed by atoms with Crippen molar-refractivity contribution >= 4 is 11.8 Å². The van der Waals surface area contributed by atoms with Crippen LogP contribution in [0.2, 0.25) is 0 Å². The Bertz CT molecular complexity index is 675. The molecule has 1 aliphatic rings. The third-order valence-electron chi connectivity index (χ3n) is 4.89. The first-order chi connectivity index (χ1) is 12.3. The summed E-state index contributed by atoms with van der Waals surface area (Å²) in [6.45, 7) is 4.60. The maximum absolute atomic E-state index is 13.0. The summed E-state index contributed by atoms with van der Waals surface area (Å²) in [7, 11) is 0. The second-order valence-corrected chi connectivity index (χ2v) is 7.70. The first kappa shape index (κ1) is 18.2. The molecule has 3 nitrogen and oxygen atoms in total. The molecule has 25 heavy (non-hydrogen) atoms. The first-order valence-electron chi connectivity index (χ1n) is 9.16. The summed E-state index contributed by atoms with van der Waals surface area (Å²) in [5, 5.41) is 9.73. The van der Waals surface area contributed by atoms with E-state index in [2.05, 4.69) is 21.3 Å². The van der Waals surface area contributed by atoms with Crippen molar-refractivity contribution in [1.82, 2.24) is 14.8 Å². The number of aromatic nitrogens is 3. The average Bonchev–Trinajstić information content (AvgIpc) is 3.03. The minimum atomic E-state index is -0.200. The van der Waals surface area contributed by atoms with E-state index in [1.54, 1.807) is 11.8 Å². The summed E-state index contributed by atoms with van der Waals surface area (Å²) in [6.07, 6.45) is 11.0. The standard InChI is InChI=1S/C20H26FN3S/c1-2-14-24-19(13-10-16-6-4-3-5-7-16)22-23-20(24)25-15-17-8-11-18(21)12-9-17/h2,8-9,11-12,16H,1,3-7,10,13-15H2. The highest BCUT2D eigenvalue weighted by Crippen LogP contribution is 2.28. The van der Waals surface area contributed by atoms with Crippen molar-refractivity contribution in [2.45, 2.75) is 62.4 Å². The Labute approximate surface area is 153 Å². The molecule has 0 atom stereocenters. The number of benzene rings is 1. The Hall–Kier alpha value is -1.62. The Kier molecular flexibility index (Phi) is 6.68. The Morgan fingerprint density at radius 3 is 2.64 bits per heavy atom. The SMILES string of the molecule is C=CCn1c(CCC2CCCCC2)nnc1SCc1ccc(F)cc1. The zero-order valence-electron chi connectivity index (χ0n) is 14.7. The predicted octanol–water partition coefficient (Wildman–Crippen LogP) is 5.41. The van der Waals surface area contributed by atoms with Gasteiger partial charge in [0.15, 0.2) is 5.16 Å². The van der Waals surface area contributed by atoms with Gasteiger partial charge in [-0.15, -0.1) is 16.8 Å². The number of hydrogen-bond donors (Lipinski definition) is 0. The fraction of sp³-hybridized carbons (Fsp3) is 0.500. The lowest BCUT2D eigenvalue weighted by Crippen LogP contribution is -2.10. The summed E-state index contributed by atoms with van der Waals surface area (Å²) in [5.74, 6) is 2.47. The second kappa shape index (κ2) is 9.18. The molecule has 3 rings (SSSR count). The van der Waals surface area contributed by atoms with Crippen LogP contribution in [-0.4, -0.2) is 14.8 Å². The zero-order chi connectivity index (χ0) is 17.5. The largest absolute Gasteiger partial charge is 0.302 e. The van der Waals surface area contributed by atoms with Crippen LogP contribution < -0.4 is 0 Å². The molecule has 5 heteroatoms. The van der Waals surface area contributed by atoms with E-state index < -0.39 is 0 Å². The van der Waals surface area contributed by atoms with Gasteiger partial charge in [0.05, 0.1) is 0 Å². The third-order valence-corrected chi connectivity index (χ3v) is 5.93. The van der Waals surface area contributed by atoms with Gasteiger partial charge in [-0.1, -0.05) is 62.1 Å². The number of hydrogen-bond acceptors (Lipinski definition) is 3. The molecule has 1 heterocycles. The van der Waals surface area contributed by atoms with Gasteiger partial charge in [0.1, 0.15) is 11.6 Å². The molecule has 0 bridgehead atoms. The first-order valence-corrected chi connectivity index (χ1v) is 10.1. The van der Waals surface area contributed by atoms with Gasteiger partial charge in [-0.25, -0.2) is 4.39 Å². The third kappa shape index (κ3) is 5.18. The van der Waals surface area contributed by atoms with E-state index in [-0.39, 0.29) is 5.82 Å². The van der Waals surface area contributed by atoms with Crippen LogP contribution in [0, 0.1) is 11.7 Å². The quantitative estimate of drug-likeness (QED) is 0.466. The van der Waals surface area contributed by atoms with E-state index in [4.69, 9.17) is 0 Å². The topological polar surface area (TPSA) is 30.7 Å². The summed E-state index contributed by atoms with van der Waals surface area (Å²) in [5.41, 5.74) is 1.09. The maximum atomic E-state index is 13.0. The molecule has 134 valence electrons. The van der Waals surface area contributed by atoms with Crippen LogP contribution in [0.4, 0.5) is 4.39 Å². The van der Waals surface area contributed by atoms with Crippen LogP contribution in [0.1, 0.15) is 49.9 Å². The minimum absolute atomic E-state index is 0.200. The fourth-order valence-corrected chi connectivity index (χ4v) is 4.38. The molecule has 2 aromatic rings. The molecule has 0 spiro atoms. The van der Waals surface area contributed by atoms with Crippen LogP contribution in [-0.2, 0) is 18.7 Å². The van der Waals surface area contributed by atoms with Gasteiger partial charge in [-0.3, -0.25) is 0 Å². The maximum Gasteiger partial charge on any atom is 0.191 e. The monoisotopic (exact) mass is 359 g/mol. The summed E-state index contributed by atoms with van der Waals surface area (Å²) in [4.78, 5) is 0. The Morgan fingerprint density at radius 1 is 1.16 bits per heavy atom. The van der Waals surface area contributed by atoms with Crippen LogP contribution in [0.15, 0.2) is 42.1 Å². The molecule has 0 radical (unpaired) electrons. The lowest BCUT2D eigenvalue weighted by molar-refractivity contribution is 0.336. The number of rotatable bonds is 8. The van der Waals surface area contributed by atoms with Crippen LogP contribution in [0.25, 0.3) is 0 Å².